The Morgan fingerprint density at radius 2 is 1.44 bits per heavy atom. The molecule has 6 rings (SSSR count). The van der Waals surface area contributed by atoms with Crippen molar-refractivity contribution in [3.8, 4) is 28.1 Å². The molecule has 0 saturated carbocycles. The minimum Gasteiger partial charge on any atom is -0.283 e. The van der Waals surface area contributed by atoms with E-state index in [0.717, 1.165) is 33.1 Å². The standard InChI is InChI=1S/C31H25N5OS2/c1-22-29(30(37)36(34(22)2)26-12-7-4-8-13-26)33-31-35(32-20-27-14-9-19-38-27)28(21-39-31)25-17-15-24(16-18-25)23-10-5-3-6-11-23/h3-21H,1-2H3. The molecule has 0 unspecified atom stereocenters. The van der Waals surface area contributed by atoms with Gasteiger partial charge in [0.1, 0.15) is 0 Å². The Kier molecular flexibility index (Phi) is 6.79. The van der Waals surface area contributed by atoms with E-state index in [2.05, 4.69) is 36.4 Å². The fourth-order valence-electron chi connectivity index (χ4n) is 4.41. The molecule has 3 heterocycles. The quantitative estimate of drug-likeness (QED) is 0.210. The first kappa shape index (κ1) is 24.8. The van der Waals surface area contributed by atoms with Crippen LogP contribution in [0.4, 0.5) is 5.69 Å². The Hall–Kier alpha value is -4.53. The average molecular weight is 548 g/mol. The molecule has 0 radical (unpaired) electrons. The number of thiophene rings is 1. The van der Waals surface area contributed by atoms with Gasteiger partial charge in [-0.2, -0.15) is 5.10 Å². The highest BCUT2D eigenvalue weighted by Gasteiger charge is 2.17. The lowest BCUT2D eigenvalue weighted by Gasteiger charge is -2.07. The van der Waals surface area contributed by atoms with Gasteiger partial charge in [0, 0.05) is 22.9 Å². The second kappa shape index (κ2) is 10.7. The molecule has 6 nitrogen and oxygen atoms in total. The Morgan fingerprint density at radius 1 is 0.769 bits per heavy atom. The summed E-state index contributed by atoms with van der Waals surface area (Å²) in [6.07, 6.45) is 1.83. The number of thiazole rings is 1. The lowest BCUT2D eigenvalue weighted by atomic mass is 10.0. The highest BCUT2D eigenvalue weighted by atomic mass is 32.1. The molecule has 0 saturated heterocycles. The van der Waals surface area contributed by atoms with E-state index in [1.165, 1.54) is 16.9 Å². The molecule has 0 amide bonds. The first-order valence-electron chi connectivity index (χ1n) is 12.4. The molecule has 0 aliphatic rings. The number of rotatable bonds is 6. The van der Waals surface area contributed by atoms with Gasteiger partial charge in [-0.1, -0.05) is 78.9 Å². The van der Waals surface area contributed by atoms with E-state index in [9.17, 15) is 4.79 Å². The maximum Gasteiger partial charge on any atom is 0.297 e. The number of hydrogen-bond acceptors (Lipinski definition) is 5. The average Bonchev–Trinajstić information content (AvgIpc) is 3.69. The van der Waals surface area contributed by atoms with Crippen LogP contribution < -0.4 is 10.4 Å². The SMILES string of the molecule is Cc1c(N=c2scc(-c3ccc(-c4ccccc4)cc3)n2N=Cc2cccs2)c(=O)n(-c2ccccc2)n1C. The highest BCUT2D eigenvalue weighted by Crippen LogP contribution is 2.26. The van der Waals surface area contributed by atoms with Crippen molar-refractivity contribution in [1.29, 1.82) is 0 Å². The molecule has 39 heavy (non-hydrogen) atoms. The molecule has 192 valence electrons. The summed E-state index contributed by atoms with van der Waals surface area (Å²) in [5.41, 5.74) is 6.04. The number of nitrogens with zero attached hydrogens (tertiary/aromatic N) is 5. The molecule has 3 aromatic heterocycles. The lowest BCUT2D eigenvalue weighted by Crippen LogP contribution is -2.19. The van der Waals surface area contributed by atoms with Gasteiger partial charge in [-0.3, -0.25) is 9.48 Å². The van der Waals surface area contributed by atoms with E-state index in [0.29, 0.717) is 10.5 Å². The maximum absolute atomic E-state index is 13.5. The zero-order valence-corrected chi connectivity index (χ0v) is 23.1. The number of hydrogen-bond donors (Lipinski definition) is 0. The van der Waals surface area contributed by atoms with Crippen molar-refractivity contribution in [3.05, 3.63) is 134 Å². The number of benzene rings is 3. The van der Waals surface area contributed by atoms with Gasteiger partial charge >= 0.3 is 0 Å². The zero-order valence-electron chi connectivity index (χ0n) is 21.4. The molecule has 0 aliphatic heterocycles. The van der Waals surface area contributed by atoms with Gasteiger partial charge in [0.15, 0.2) is 5.69 Å². The van der Waals surface area contributed by atoms with Crippen molar-refractivity contribution in [2.75, 3.05) is 0 Å². The van der Waals surface area contributed by atoms with Crippen molar-refractivity contribution in [3.63, 3.8) is 0 Å². The van der Waals surface area contributed by atoms with Crippen LogP contribution >= 0.6 is 22.7 Å². The molecule has 8 heteroatoms. The van der Waals surface area contributed by atoms with Crippen molar-refractivity contribution in [2.45, 2.75) is 6.92 Å². The molecule has 3 aromatic carbocycles. The van der Waals surface area contributed by atoms with Crippen molar-refractivity contribution < 1.29 is 0 Å². The zero-order chi connectivity index (χ0) is 26.8. The third-order valence-corrected chi connectivity index (χ3v) is 8.17. The molecular weight excluding hydrogens is 523 g/mol. The van der Waals surface area contributed by atoms with E-state index >= 15 is 0 Å². The Labute approximate surface area is 233 Å². The first-order chi connectivity index (χ1) is 19.1. The van der Waals surface area contributed by atoms with Gasteiger partial charge in [-0.15, -0.1) is 22.7 Å². The molecule has 0 aliphatic carbocycles. The Bertz CT molecular complexity index is 1870. The molecule has 0 N–H and O–H groups in total. The summed E-state index contributed by atoms with van der Waals surface area (Å²) in [5, 5.41) is 8.87. The summed E-state index contributed by atoms with van der Waals surface area (Å²) in [5.74, 6) is 0. The van der Waals surface area contributed by atoms with E-state index in [-0.39, 0.29) is 5.56 Å². The van der Waals surface area contributed by atoms with Crippen LogP contribution in [0.5, 0.6) is 0 Å². The van der Waals surface area contributed by atoms with Gasteiger partial charge in [0.25, 0.3) is 5.56 Å². The van der Waals surface area contributed by atoms with Crippen molar-refractivity contribution >= 4 is 34.6 Å². The van der Waals surface area contributed by atoms with Crippen LogP contribution in [-0.2, 0) is 7.05 Å². The van der Waals surface area contributed by atoms with Gasteiger partial charge < -0.3 is 0 Å². The van der Waals surface area contributed by atoms with Crippen LogP contribution in [0.15, 0.2) is 123 Å². The fourth-order valence-corrected chi connectivity index (χ4v) is 5.83. The van der Waals surface area contributed by atoms with Crippen molar-refractivity contribution in [2.24, 2.45) is 17.1 Å². The lowest BCUT2D eigenvalue weighted by molar-refractivity contribution is 0.630. The summed E-state index contributed by atoms with van der Waals surface area (Å²) in [6, 6.07) is 32.4. The molecule has 0 spiro atoms. The minimum atomic E-state index is -0.169. The van der Waals surface area contributed by atoms with Crippen LogP contribution in [0.1, 0.15) is 10.6 Å². The number of para-hydroxylation sites is 1. The number of aromatic nitrogens is 3. The summed E-state index contributed by atoms with van der Waals surface area (Å²) < 4.78 is 5.30. The predicted octanol–water partition coefficient (Wildman–Crippen LogP) is 6.86. The summed E-state index contributed by atoms with van der Waals surface area (Å²) in [6.45, 7) is 1.91. The predicted molar refractivity (Wildman–Crippen MR) is 161 cm³/mol. The summed E-state index contributed by atoms with van der Waals surface area (Å²) in [4.78, 5) is 20.1. The van der Waals surface area contributed by atoms with Crippen LogP contribution in [0.25, 0.3) is 28.1 Å². The molecule has 0 bridgehead atoms. The van der Waals surface area contributed by atoms with Crippen LogP contribution in [0.3, 0.4) is 0 Å². The normalized spacial score (nSPS) is 12.0. The first-order valence-corrected chi connectivity index (χ1v) is 14.2. The highest BCUT2D eigenvalue weighted by molar-refractivity contribution is 7.11. The minimum absolute atomic E-state index is 0.169. The van der Waals surface area contributed by atoms with Crippen molar-refractivity contribution in [1.82, 2.24) is 14.0 Å². The van der Waals surface area contributed by atoms with Gasteiger partial charge in [0.05, 0.1) is 23.3 Å². The second-order valence-corrected chi connectivity index (χ2v) is 10.8. The van der Waals surface area contributed by atoms with Gasteiger partial charge in [-0.25, -0.2) is 14.4 Å². The Balaban J connectivity index is 1.48. The molecule has 0 fully saturated rings. The van der Waals surface area contributed by atoms with Crippen LogP contribution in [0, 0.1) is 6.92 Å². The van der Waals surface area contributed by atoms with E-state index in [4.69, 9.17) is 10.1 Å². The fraction of sp³-hybridized carbons (Fsp3) is 0.0645. The smallest absolute Gasteiger partial charge is 0.283 e. The van der Waals surface area contributed by atoms with Crippen LogP contribution in [0.2, 0.25) is 0 Å². The maximum atomic E-state index is 13.5. The van der Waals surface area contributed by atoms with E-state index in [1.807, 2.05) is 101 Å². The van der Waals surface area contributed by atoms with Gasteiger partial charge in [-0.05, 0) is 41.6 Å². The Morgan fingerprint density at radius 3 is 2.13 bits per heavy atom. The second-order valence-electron chi connectivity index (χ2n) is 8.94. The topological polar surface area (TPSA) is 56.6 Å². The molecule has 0 atom stereocenters. The molecular formula is C31H25N5OS2. The summed E-state index contributed by atoms with van der Waals surface area (Å²) >= 11 is 3.08. The molecule has 6 aromatic rings. The van der Waals surface area contributed by atoms with E-state index in [1.54, 1.807) is 16.0 Å². The third-order valence-electron chi connectivity index (χ3n) is 6.55. The van der Waals surface area contributed by atoms with Crippen LogP contribution in [-0.4, -0.2) is 20.3 Å². The largest absolute Gasteiger partial charge is 0.297 e. The van der Waals surface area contributed by atoms with Gasteiger partial charge in [0.2, 0.25) is 4.80 Å². The van der Waals surface area contributed by atoms with E-state index < -0.39 is 0 Å². The monoisotopic (exact) mass is 547 g/mol. The summed E-state index contributed by atoms with van der Waals surface area (Å²) in [7, 11) is 1.87. The third kappa shape index (κ3) is 4.87.